The SMILES string of the molecule is CC/C=C\C/C=C\C/C=C\C/C=C\C/C=C\CCCC(=O)OC[C@H](COP(=O)(O)OCCN)OC(=O)CCCCCC[C@H]1[C@@H](O)CC(=O)[C@@H]1/C=C/[C@@H](O)CCCCC. The van der Waals surface area contributed by atoms with Gasteiger partial charge in [-0.2, -0.15) is 0 Å². The second-order valence-corrected chi connectivity index (χ2v) is 16.1. The molecule has 0 saturated heterocycles. The minimum absolute atomic E-state index is 0.00385. The van der Waals surface area contributed by atoms with Gasteiger partial charge in [0.25, 0.3) is 0 Å². The number of carbonyl (C=O) groups is 3. The van der Waals surface area contributed by atoms with E-state index in [9.17, 15) is 34.1 Å². The van der Waals surface area contributed by atoms with Crippen LogP contribution in [0.25, 0.3) is 0 Å². The molecule has 0 spiro atoms. The normalized spacial score (nSPS) is 19.8. The summed E-state index contributed by atoms with van der Waals surface area (Å²) in [5.74, 6) is -1.67. The van der Waals surface area contributed by atoms with Crippen molar-refractivity contribution in [2.24, 2.45) is 17.6 Å². The van der Waals surface area contributed by atoms with Gasteiger partial charge in [0.1, 0.15) is 12.4 Å². The van der Waals surface area contributed by atoms with E-state index < -0.39 is 50.6 Å². The fraction of sp³-hybridized carbons (Fsp3) is 0.667. The Balaban J connectivity index is 2.43. The van der Waals surface area contributed by atoms with Gasteiger partial charge in [-0.15, -0.1) is 0 Å². The fourth-order valence-corrected chi connectivity index (χ4v) is 7.04. The number of carbonyl (C=O) groups excluding carboxylic acids is 3. The number of ether oxygens (including phenoxy) is 2. The topological polar surface area (TPSA) is 192 Å². The second-order valence-electron chi connectivity index (χ2n) is 14.6. The van der Waals surface area contributed by atoms with E-state index in [2.05, 4.69) is 62.5 Å². The molecule has 0 amide bonds. The summed E-state index contributed by atoms with van der Waals surface area (Å²) in [6, 6.07) is 0. The lowest BCUT2D eigenvalue weighted by Crippen LogP contribution is -2.29. The van der Waals surface area contributed by atoms with Gasteiger partial charge in [-0.1, -0.05) is 125 Å². The predicted octanol–water partition coefficient (Wildman–Crippen LogP) is 8.86. The van der Waals surface area contributed by atoms with Gasteiger partial charge in [0, 0.05) is 31.7 Å². The van der Waals surface area contributed by atoms with E-state index in [1.807, 2.05) is 12.2 Å². The van der Waals surface area contributed by atoms with Gasteiger partial charge in [0.15, 0.2) is 6.10 Å². The Bertz CT molecular complexity index is 1340. The molecule has 12 nitrogen and oxygen atoms in total. The third-order valence-corrected chi connectivity index (χ3v) is 10.5. The number of ketones is 1. The lowest BCUT2D eigenvalue weighted by molar-refractivity contribution is -0.161. The van der Waals surface area contributed by atoms with Gasteiger partial charge in [-0.05, 0) is 70.1 Å². The van der Waals surface area contributed by atoms with Crippen LogP contribution < -0.4 is 5.73 Å². The van der Waals surface area contributed by atoms with E-state index in [0.29, 0.717) is 38.5 Å². The highest BCUT2D eigenvalue weighted by molar-refractivity contribution is 7.47. The maximum Gasteiger partial charge on any atom is 0.472 e. The van der Waals surface area contributed by atoms with Crippen LogP contribution >= 0.6 is 7.82 Å². The molecule has 0 bridgehead atoms. The lowest BCUT2D eigenvalue weighted by Gasteiger charge is -2.20. The molecule has 6 atom stereocenters. The van der Waals surface area contributed by atoms with Crippen molar-refractivity contribution >= 4 is 25.5 Å². The Hall–Kier alpha value is -2.96. The van der Waals surface area contributed by atoms with Crippen LogP contribution in [0.1, 0.15) is 136 Å². The number of phosphoric acid groups is 1. The molecule has 1 saturated carbocycles. The quantitative estimate of drug-likeness (QED) is 0.0206. The van der Waals surface area contributed by atoms with Crippen LogP contribution in [0.5, 0.6) is 0 Å². The van der Waals surface area contributed by atoms with Crippen LogP contribution in [0, 0.1) is 11.8 Å². The Labute approximate surface area is 348 Å². The van der Waals surface area contributed by atoms with Gasteiger partial charge >= 0.3 is 19.8 Å². The van der Waals surface area contributed by atoms with E-state index in [1.54, 1.807) is 12.2 Å². The first kappa shape index (κ1) is 53.1. The molecule has 13 heteroatoms. The molecule has 1 unspecified atom stereocenters. The Morgan fingerprint density at radius 1 is 0.810 bits per heavy atom. The average molecular weight is 836 g/mol. The monoisotopic (exact) mass is 835 g/mol. The number of rotatable bonds is 35. The first-order chi connectivity index (χ1) is 28.0. The highest BCUT2D eigenvalue weighted by atomic mass is 31.2. The van der Waals surface area contributed by atoms with Gasteiger partial charge in [-0.25, -0.2) is 4.57 Å². The zero-order chi connectivity index (χ0) is 42.7. The van der Waals surface area contributed by atoms with Crippen molar-refractivity contribution < 1.29 is 52.6 Å². The summed E-state index contributed by atoms with van der Waals surface area (Å²) in [5.41, 5.74) is 5.34. The van der Waals surface area contributed by atoms with Crippen molar-refractivity contribution in [3.63, 3.8) is 0 Å². The molecule has 330 valence electrons. The molecular weight excluding hydrogens is 761 g/mol. The molecule has 0 aromatic heterocycles. The van der Waals surface area contributed by atoms with Gasteiger partial charge in [-0.3, -0.25) is 23.4 Å². The molecule has 1 aliphatic rings. The van der Waals surface area contributed by atoms with E-state index in [4.69, 9.17) is 24.3 Å². The van der Waals surface area contributed by atoms with E-state index >= 15 is 0 Å². The number of Topliss-reactive ketones (excluding diaryl/α,β-unsaturated/α-hetero) is 1. The van der Waals surface area contributed by atoms with Gasteiger partial charge < -0.3 is 30.3 Å². The molecule has 5 N–H and O–H groups in total. The zero-order valence-corrected chi connectivity index (χ0v) is 36.1. The van der Waals surface area contributed by atoms with Crippen LogP contribution in [-0.2, 0) is 37.5 Å². The number of nitrogens with two attached hydrogens (primary N) is 1. The summed E-state index contributed by atoms with van der Waals surface area (Å²) >= 11 is 0. The summed E-state index contributed by atoms with van der Waals surface area (Å²) in [6.45, 7) is 3.15. The minimum atomic E-state index is -4.46. The van der Waals surface area contributed by atoms with Crippen molar-refractivity contribution in [3.8, 4) is 0 Å². The molecule has 58 heavy (non-hydrogen) atoms. The molecule has 1 fully saturated rings. The Kier molecular flexibility index (Phi) is 31.9. The number of phosphoric ester groups is 1. The van der Waals surface area contributed by atoms with Crippen LogP contribution in [0.15, 0.2) is 72.9 Å². The number of aliphatic hydroxyl groups excluding tert-OH is 2. The highest BCUT2D eigenvalue weighted by Crippen LogP contribution is 2.43. The lowest BCUT2D eigenvalue weighted by atomic mass is 9.88. The fourth-order valence-electron chi connectivity index (χ4n) is 6.28. The maximum atomic E-state index is 12.7. The number of esters is 2. The van der Waals surface area contributed by atoms with E-state index in [1.165, 1.54) is 0 Å². The summed E-state index contributed by atoms with van der Waals surface area (Å²) in [7, 11) is -4.46. The average Bonchev–Trinajstić information content (AvgIpc) is 3.47. The largest absolute Gasteiger partial charge is 0.472 e. The number of allylic oxidation sites excluding steroid dienone is 11. The Morgan fingerprint density at radius 3 is 2.07 bits per heavy atom. The van der Waals surface area contributed by atoms with Crippen molar-refractivity contribution in [2.45, 2.75) is 154 Å². The van der Waals surface area contributed by atoms with E-state index in [0.717, 1.165) is 64.2 Å². The zero-order valence-electron chi connectivity index (χ0n) is 35.2. The summed E-state index contributed by atoms with van der Waals surface area (Å²) < 4.78 is 32.7. The Morgan fingerprint density at radius 2 is 1.43 bits per heavy atom. The van der Waals surface area contributed by atoms with Crippen LogP contribution in [-0.4, -0.2) is 77.5 Å². The maximum absolute atomic E-state index is 12.7. The van der Waals surface area contributed by atoms with Crippen molar-refractivity contribution in [1.29, 1.82) is 0 Å². The summed E-state index contributed by atoms with van der Waals surface area (Å²) in [6.07, 6.45) is 35.6. The van der Waals surface area contributed by atoms with Gasteiger partial charge in [0.05, 0.1) is 25.4 Å². The number of aliphatic hydroxyl groups is 2. The molecule has 0 aromatic carbocycles. The van der Waals surface area contributed by atoms with Crippen LogP contribution in [0.4, 0.5) is 0 Å². The number of unbranched alkanes of at least 4 members (excludes halogenated alkanes) is 6. The standard InChI is InChI=1S/C45H74NO11P/c1-3-5-7-8-9-10-11-12-13-14-15-16-17-18-19-20-25-29-44(50)54-36-39(37-56-58(52,53)55-34-33-46)57-45(51)30-26-22-21-24-28-40-41(43(49)35-42(40)48)32-31-38(47)27-23-6-4-2/h5,7,9-10,12-13,15-16,18-19,31-32,38-42,47-48H,3-4,6,8,11,14,17,20-30,33-37,46H2,1-2H3,(H,52,53)/b7-5-,10-9-,13-12-,16-15-,19-18-,32-31+/t38-,39+,40+,41+,42-/m0/s1. The molecule has 0 aliphatic heterocycles. The van der Waals surface area contributed by atoms with E-state index in [-0.39, 0.29) is 50.7 Å². The smallest absolute Gasteiger partial charge is 0.462 e. The molecule has 1 aliphatic carbocycles. The molecular formula is C45H74NO11P. The number of hydrogen-bond donors (Lipinski definition) is 4. The first-order valence-electron chi connectivity index (χ1n) is 21.5. The molecule has 1 rings (SSSR count). The summed E-state index contributed by atoms with van der Waals surface area (Å²) in [5, 5.41) is 20.8. The van der Waals surface area contributed by atoms with Crippen LogP contribution in [0.2, 0.25) is 0 Å². The van der Waals surface area contributed by atoms with Crippen molar-refractivity contribution in [1.82, 2.24) is 0 Å². The summed E-state index contributed by atoms with van der Waals surface area (Å²) in [4.78, 5) is 47.6. The molecule has 0 aromatic rings. The van der Waals surface area contributed by atoms with Crippen LogP contribution in [0.3, 0.4) is 0 Å². The second kappa shape index (κ2) is 34.9. The third-order valence-electron chi connectivity index (χ3n) is 9.48. The first-order valence-corrected chi connectivity index (χ1v) is 23.0. The number of hydrogen-bond acceptors (Lipinski definition) is 11. The molecule has 0 radical (unpaired) electrons. The third kappa shape index (κ3) is 28.5. The van der Waals surface area contributed by atoms with Crippen molar-refractivity contribution in [3.05, 3.63) is 72.9 Å². The minimum Gasteiger partial charge on any atom is -0.462 e. The highest BCUT2D eigenvalue weighted by Gasteiger charge is 2.39. The predicted molar refractivity (Wildman–Crippen MR) is 230 cm³/mol. The van der Waals surface area contributed by atoms with Gasteiger partial charge in [0.2, 0.25) is 0 Å². The molecule has 0 heterocycles. The van der Waals surface area contributed by atoms with Crippen molar-refractivity contribution in [2.75, 3.05) is 26.4 Å².